The monoisotopic (exact) mass is 333 g/mol. The third kappa shape index (κ3) is 4.91. The highest BCUT2D eigenvalue weighted by Gasteiger charge is 2.31. The van der Waals surface area contributed by atoms with Crippen molar-refractivity contribution in [3.05, 3.63) is 66.2 Å². The lowest BCUT2D eigenvalue weighted by Crippen LogP contribution is -2.41. The first-order chi connectivity index (χ1) is 12.3. The standard InChI is InChI=1S/C21H23N3O/c22-14-7-15-24(20-10-5-2-6-11-20)21(25)17-23(19-12-13-19)16-18-8-3-1-4-9-18/h1-6,8-11,19H,7,12-13,15-17H2. The fourth-order valence-electron chi connectivity index (χ4n) is 3.00. The summed E-state index contributed by atoms with van der Waals surface area (Å²) in [5, 5.41) is 8.92. The molecule has 2 aromatic carbocycles. The lowest BCUT2D eigenvalue weighted by molar-refractivity contribution is -0.120. The fourth-order valence-corrected chi connectivity index (χ4v) is 3.00. The molecule has 0 spiro atoms. The summed E-state index contributed by atoms with van der Waals surface area (Å²) in [6, 6.07) is 22.5. The Hall–Kier alpha value is -2.64. The topological polar surface area (TPSA) is 47.3 Å². The van der Waals surface area contributed by atoms with E-state index in [0.29, 0.717) is 25.6 Å². The molecule has 0 aliphatic heterocycles. The Morgan fingerprint density at radius 2 is 1.68 bits per heavy atom. The maximum Gasteiger partial charge on any atom is 0.241 e. The molecule has 25 heavy (non-hydrogen) atoms. The van der Waals surface area contributed by atoms with Crippen molar-refractivity contribution in [1.29, 1.82) is 5.26 Å². The van der Waals surface area contributed by atoms with E-state index in [1.54, 1.807) is 4.90 Å². The summed E-state index contributed by atoms with van der Waals surface area (Å²) in [6.07, 6.45) is 2.65. The van der Waals surface area contributed by atoms with Crippen LogP contribution >= 0.6 is 0 Å². The maximum absolute atomic E-state index is 13.0. The van der Waals surface area contributed by atoms with Crippen LogP contribution in [0.3, 0.4) is 0 Å². The molecule has 0 atom stereocenters. The molecule has 1 saturated carbocycles. The molecule has 0 unspecified atom stereocenters. The summed E-state index contributed by atoms with van der Waals surface area (Å²) in [5.74, 6) is 0.0595. The van der Waals surface area contributed by atoms with Crippen molar-refractivity contribution >= 4 is 11.6 Å². The van der Waals surface area contributed by atoms with E-state index in [9.17, 15) is 4.79 Å². The normalized spacial score (nSPS) is 13.4. The summed E-state index contributed by atoms with van der Waals surface area (Å²) in [4.78, 5) is 17.0. The molecule has 0 bridgehead atoms. The SMILES string of the molecule is N#CCCN(C(=O)CN(Cc1ccccc1)C1CC1)c1ccccc1. The quantitative estimate of drug-likeness (QED) is 0.741. The zero-order chi connectivity index (χ0) is 17.5. The van der Waals surface area contributed by atoms with Crippen LogP contribution in [0.4, 0.5) is 5.69 Å². The van der Waals surface area contributed by atoms with Gasteiger partial charge in [0.05, 0.1) is 19.0 Å². The highest BCUT2D eigenvalue weighted by molar-refractivity contribution is 5.94. The first-order valence-electron chi connectivity index (χ1n) is 8.78. The minimum atomic E-state index is 0.0595. The molecular formula is C21H23N3O. The van der Waals surface area contributed by atoms with Crippen LogP contribution in [0.15, 0.2) is 60.7 Å². The van der Waals surface area contributed by atoms with Gasteiger partial charge in [0.15, 0.2) is 0 Å². The Kier molecular flexibility index (Phi) is 5.81. The van der Waals surface area contributed by atoms with Crippen molar-refractivity contribution < 1.29 is 4.79 Å². The van der Waals surface area contributed by atoms with Crippen molar-refractivity contribution in [2.45, 2.75) is 31.8 Å². The number of carbonyl (C=O) groups excluding carboxylic acids is 1. The van der Waals surface area contributed by atoms with Gasteiger partial charge in [-0.25, -0.2) is 0 Å². The third-order valence-corrected chi connectivity index (χ3v) is 4.45. The zero-order valence-corrected chi connectivity index (χ0v) is 14.3. The minimum Gasteiger partial charge on any atom is -0.310 e. The van der Waals surface area contributed by atoms with Gasteiger partial charge in [-0.3, -0.25) is 9.69 Å². The number of nitrogens with zero attached hydrogens (tertiary/aromatic N) is 3. The third-order valence-electron chi connectivity index (χ3n) is 4.45. The number of hydrogen-bond acceptors (Lipinski definition) is 3. The molecule has 0 saturated heterocycles. The van der Waals surface area contributed by atoms with Crippen molar-refractivity contribution in [3.8, 4) is 6.07 Å². The van der Waals surface area contributed by atoms with Gasteiger partial charge >= 0.3 is 0 Å². The first-order valence-corrected chi connectivity index (χ1v) is 8.78. The van der Waals surface area contributed by atoms with Crippen molar-refractivity contribution in [2.75, 3.05) is 18.0 Å². The molecule has 128 valence electrons. The average molecular weight is 333 g/mol. The highest BCUT2D eigenvalue weighted by Crippen LogP contribution is 2.28. The molecule has 0 radical (unpaired) electrons. The van der Waals surface area contributed by atoms with E-state index in [2.05, 4.69) is 23.1 Å². The molecule has 0 N–H and O–H groups in total. The molecule has 4 nitrogen and oxygen atoms in total. The Morgan fingerprint density at radius 3 is 2.28 bits per heavy atom. The highest BCUT2D eigenvalue weighted by atomic mass is 16.2. The van der Waals surface area contributed by atoms with Crippen LogP contribution in [0, 0.1) is 11.3 Å². The predicted octanol–water partition coefficient (Wildman–Crippen LogP) is 3.60. The summed E-state index contributed by atoms with van der Waals surface area (Å²) < 4.78 is 0. The summed E-state index contributed by atoms with van der Waals surface area (Å²) in [7, 11) is 0. The van der Waals surface area contributed by atoms with Gasteiger partial charge in [0.25, 0.3) is 0 Å². The fraction of sp³-hybridized carbons (Fsp3) is 0.333. The summed E-state index contributed by atoms with van der Waals surface area (Å²) in [5.41, 5.74) is 2.09. The van der Waals surface area contributed by atoms with E-state index in [4.69, 9.17) is 5.26 Å². The van der Waals surface area contributed by atoms with Gasteiger partial charge in [-0.1, -0.05) is 48.5 Å². The molecular weight excluding hydrogens is 310 g/mol. The Bertz CT molecular complexity index is 720. The van der Waals surface area contributed by atoms with Gasteiger partial charge in [-0.05, 0) is 30.5 Å². The molecule has 0 heterocycles. The Labute approximate surface area is 149 Å². The number of para-hydroxylation sites is 1. The molecule has 1 fully saturated rings. The predicted molar refractivity (Wildman–Crippen MR) is 98.9 cm³/mol. The first kappa shape index (κ1) is 17.2. The van der Waals surface area contributed by atoms with Gasteiger partial charge < -0.3 is 4.90 Å². The van der Waals surface area contributed by atoms with E-state index in [1.807, 2.05) is 48.5 Å². The Morgan fingerprint density at radius 1 is 1.04 bits per heavy atom. The number of amides is 1. The van der Waals surface area contributed by atoms with E-state index in [-0.39, 0.29) is 5.91 Å². The number of benzene rings is 2. The van der Waals surface area contributed by atoms with Crippen LogP contribution in [-0.2, 0) is 11.3 Å². The second-order valence-corrected chi connectivity index (χ2v) is 6.41. The summed E-state index contributed by atoms with van der Waals surface area (Å²) in [6.45, 7) is 1.61. The van der Waals surface area contributed by atoms with Crippen LogP contribution in [0.1, 0.15) is 24.8 Å². The minimum absolute atomic E-state index is 0.0595. The smallest absolute Gasteiger partial charge is 0.241 e. The van der Waals surface area contributed by atoms with Crippen LogP contribution in [0.5, 0.6) is 0 Å². The Balaban J connectivity index is 1.71. The van der Waals surface area contributed by atoms with Crippen LogP contribution in [-0.4, -0.2) is 29.9 Å². The second-order valence-electron chi connectivity index (χ2n) is 6.41. The van der Waals surface area contributed by atoms with Crippen molar-refractivity contribution in [2.24, 2.45) is 0 Å². The number of rotatable bonds is 8. The van der Waals surface area contributed by atoms with E-state index >= 15 is 0 Å². The lowest BCUT2D eigenvalue weighted by Gasteiger charge is -2.27. The molecule has 1 aliphatic carbocycles. The lowest BCUT2D eigenvalue weighted by atomic mass is 10.2. The van der Waals surface area contributed by atoms with E-state index in [1.165, 1.54) is 5.56 Å². The van der Waals surface area contributed by atoms with E-state index < -0.39 is 0 Å². The molecule has 0 aromatic heterocycles. The van der Waals surface area contributed by atoms with Crippen LogP contribution in [0.25, 0.3) is 0 Å². The number of hydrogen-bond donors (Lipinski definition) is 0. The molecule has 1 aliphatic rings. The molecule has 3 rings (SSSR count). The number of nitriles is 1. The summed E-state index contributed by atoms with van der Waals surface area (Å²) >= 11 is 0. The van der Waals surface area contributed by atoms with Gasteiger partial charge in [0.1, 0.15) is 0 Å². The van der Waals surface area contributed by atoms with Crippen molar-refractivity contribution in [3.63, 3.8) is 0 Å². The van der Waals surface area contributed by atoms with Crippen LogP contribution in [0.2, 0.25) is 0 Å². The largest absolute Gasteiger partial charge is 0.310 e. The van der Waals surface area contributed by atoms with Crippen LogP contribution < -0.4 is 4.90 Å². The van der Waals surface area contributed by atoms with Gasteiger partial charge in [0, 0.05) is 24.8 Å². The average Bonchev–Trinajstić information content (AvgIpc) is 3.48. The number of carbonyl (C=O) groups is 1. The van der Waals surface area contributed by atoms with Gasteiger partial charge in [-0.15, -0.1) is 0 Å². The van der Waals surface area contributed by atoms with E-state index in [0.717, 1.165) is 25.1 Å². The van der Waals surface area contributed by atoms with Gasteiger partial charge in [-0.2, -0.15) is 5.26 Å². The number of anilines is 1. The molecule has 2 aromatic rings. The second kappa shape index (κ2) is 8.46. The van der Waals surface area contributed by atoms with Gasteiger partial charge in [0.2, 0.25) is 5.91 Å². The zero-order valence-electron chi connectivity index (χ0n) is 14.3. The molecule has 4 heteroatoms. The maximum atomic E-state index is 13.0. The van der Waals surface area contributed by atoms with Crippen molar-refractivity contribution in [1.82, 2.24) is 4.90 Å². The molecule has 1 amide bonds.